The van der Waals surface area contributed by atoms with E-state index in [0.29, 0.717) is 6.10 Å². The molecule has 1 fully saturated rings. The zero-order valence-corrected chi connectivity index (χ0v) is 11.5. The summed E-state index contributed by atoms with van der Waals surface area (Å²) in [5, 5.41) is 0. The van der Waals surface area contributed by atoms with E-state index in [4.69, 9.17) is 4.74 Å². The molecule has 0 bridgehead atoms. The molecule has 0 N–H and O–H groups in total. The van der Waals surface area contributed by atoms with Crippen LogP contribution in [0.15, 0.2) is 0 Å². The van der Waals surface area contributed by atoms with E-state index in [1.807, 2.05) is 0 Å². The number of nitrogens with zero attached hydrogens (tertiary/aromatic N) is 1. The van der Waals surface area contributed by atoms with Gasteiger partial charge < -0.3 is 9.64 Å². The van der Waals surface area contributed by atoms with Crippen molar-refractivity contribution >= 4 is 0 Å². The van der Waals surface area contributed by atoms with Gasteiger partial charge in [-0.05, 0) is 51.1 Å². The van der Waals surface area contributed by atoms with Gasteiger partial charge in [0.05, 0.1) is 6.10 Å². The molecule has 96 valence electrons. The molecule has 0 spiro atoms. The fraction of sp³-hybridized carbons (Fsp3) is 1.00. The van der Waals surface area contributed by atoms with Crippen molar-refractivity contribution in [1.82, 2.24) is 4.90 Å². The number of hydrogen-bond acceptors (Lipinski definition) is 2. The predicted octanol–water partition coefficient (Wildman–Crippen LogP) is 3.17. The van der Waals surface area contributed by atoms with Gasteiger partial charge in [-0.2, -0.15) is 0 Å². The molecule has 0 atom stereocenters. The highest BCUT2D eigenvalue weighted by atomic mass is 16.5. The van der Waals surface area contributed by atoms with Gasteiger partial charge in [0.15, 0.2) is 0 Å². The molecule has 2 nitrogen and oxygen atoms in total. The maximum absolute atomic E-state index is 5.86. The van der Waals surface area contributed by atoms with Crippen molar-refractivity contribution in [3.63, 3.8) is 0 Å². The molecule has 16 heavy (non-hydrogen) atoms. The zero-order valence-electron chi connectivity index (χ0n) is 11.5. The number of rotatable bonds is 8. The van der Waals surface area contributed by atoms with Crippen LogP contribution in [-0.4, -0.2) is 37.7 Å². The predicted molar refractivity (Wildman–Crippen MR) is 69.7 cm³/mol. The van der Waals surface area contributed by atoms with E-state index < -0.39 is 0 Å². The Morgan fingerprint density at radius 3 is 2.56 bits per heavy atom. The van der Waals surface area contributed by atoms with Crippen LogP contribution in [0.25, 0.3) is 0 Å². The Bertz CT molecular complexity index is 176. The van der Waals surface area contributed by atoms with Crippen molar-refractivity contribution in [3.8, 4) is 0 Å². The lowest BCUT2D eigenvalue weighted by atomic mass is 9.77. The average Bonchev–Trinajstić information content (AvgIpc) is 2.18. The summed E-state index contributed by atoms with van der Waals surface area (Å²) in [7, 11) is 2.17. The Balaban J connectivity index is 1.90. The second kappa shape index (κ2) is 7.29. The highest BCUT2D eigenvalue weighted by Gasteiger charge is 2.29. The van der Waals surface area contributed by atoms with E-state index in [9.17, 15) is 0 Å². The second-order valence-corrected chi connectivity index (χ2v) is 5.71. The van der Waals surface area contributed by atoms with Crippen LogP contribution in [0, 0.1) is 11.8 Å². The van der Waals surface area contributed by atoms with E-state index in [0.717, 1.165) is 25.0 Å². The highest BCUT2D eigenvalue weighted by molar-refractivity contribution is 4.80. The third kappa shape index (κ3) is 5.31. The minimum Gasteiger partial charge on any atom is -0.378 e. The van der Waals surface area contributed by atoms with Gasteiger partial charge in [-0.3, -0.25) is 0 Å². The van der Waals surface area contributed by atoms with E-state index in [1.54, 1.807) is 0 Å². The zero-order chi connectivity index (χ0) is 12.0. The molecule has 2 heteroatoms. The van der Waals surface area contributed by atoms with Crippen molar-refractivity contribution in [2.75, 3.05) is 26.7 Å². The van der Waals surface area contributed by atoms with Crippen molar-refractivity contribution in [2.45, 2.75) is 52.6 Å². The van der Waals surface area contributed by atoms with Crippen LogP contribution < -0.4 is 0 Å². The molecule has 1 saturated carbocycles. The first kappa shape index (κ1) is 14.0. The Labute approximate surface area is 101 Å². The summed E-state index contributed by atoms with van der Waals surface area (Å²) in [6, 6.07) is 0. The lowest BCUT2D eigenvalue weighted by molar-refractivity contribution is -0.0374. The molecule has 0 aromatic carbocycles. The molecule has 0 unspecified atom stereocenters. The van der Waals surface area contributed by atoms with Gasteiger partial charge in [-0.25, -0.2) is 0 Å². The fourth-order valence-corrected chi connectivity index (χ4v) is 2.41. The summed E-state index contributed by atoms with van der Waals surface area (Å²) >= 11 is 0. The Hall–Kier alpha value is -0.0800. The minimum absolute atomic E-state index is 0.579. The Morgan fingerprint density at radius 2 is 2.00 bits per heavy atom. The molecular formula is C14H29NO. The third-order valence-corrected chi connectivity index (χ3v) is 3.57. The molecule has 1 rings (SSSR count). The molecule has 0 aliphatic heterocycles. The van der Waals surface area contributed by atoms with Crippen molar-refractivity contribution < 1.29 is 4.74 Å². The molecule has 0 heterocycles. The smallest absolute Gasteiger partial charge is 0.0580 e. The summed E-state index contributed by atoms with van der Waals surface area (Å²) in [6.07, 6.45) is 5.76. The molecule has 0 aromatic rings. The molecular weight excluding hydrogens is 198 g/mol. The Morgan fingerprint density at radius 1 is 1.31 bits per heavy atom. The van der Waals surface area contributed by atoms with Crippen molar-refractivity contribution in [2.24, 2.45) is 11.8 Å². The molecule has 0 saturated heterocycles. The molecule has 1 aliphatic rings. The van der Waals surface area contributed by atoms with E-state index >= 15 is 0 Å². The summed E-state index contributed by atoms with van der Waals surface area (Å²) < 4.78 is 5.86. The Kier molecular flexibility index (Phi) is 6.37. The normalized spacial score (nSPS) is 25.1. The summed E-state index contributed by atoms with van der Waals surface area (Å²) in [5.74, 6) is 1.80. The first-order valence-corrected chi connectivity index (χ1v) is 6.92. The first-order valence-electron chi connectivity index (χ1n) is 6.92. The third-order valence-electron chi connectivity index (χ3n) is 3.57. The lowest BCUT2D eigenvalue weighted by Crippen LogP contribution is -2.33. The van der Waals surface area contributed by atoms with E-state index in [2.05, 4.69) is 32.7 Å². The first-order chi connectivity index (χ1) is 7.61. The SMILES string of the molecule is CCN(C)CCCO[C@H]1C[C@H](CC(C)C)C1. The van der Waals surface area contributed by atoms with Gasteiger partial charge in [0, 0.05) is 13.2 Å². The monoisotopic (exact) mass is 227 g/mol. The average molecular weight is 227 g/mol. The van der Waals surface area contributed by atoms with Crippen LogP contribution in [0.5, 0.6) is 0 Å². The molecule has 0 amide bonds. The van der Waals surface area contributed by atoms with Gasteiger partial charge >= 0.3 is 0 Å². The standard InChI is InChI=1S/C14H29NO/c1-5-15(4)7-6-8-16-14-10-13(11-14)9-12(2)3/h12-14H,5-11H2,1-4H3/t13-,14-. The number of ether oxygens (including phenoxy) is 1. The highest BCUT2D eigenvalue weighted by Crippen LogP contribution is 2.34. The molecule has 0 aromatic heterocycles. The van der Waals surface area contributed by atoms with Crippen LogP contribution in [0.4, 0.5) is 0 Å². The topological polar surface area (TPSA) is 12.5 Å². The van der Waals surface area contributed by atoms with Gasteiger partial charge in [0.25, 0.3) is 0 Å². The van der Waals surface area contributed by atoms with Gasteiger partial charge in [-0.1, -0.05) is 20.8 Å². The van der Waals surface area contributed by atoms with Crippen molar-refractivity contribution in [3.05, 3.63) is 0 Å². The van der Waals surface area contributed by atoms with Crippen LogP contribution in [0.2, 0.25) is 0 Å². The van der Waals surface area contributed by atoms with Crippen molar-refractivity contribution in [1.29, 1.82) is 0 Å². The molecule has 0 radical (unpaired) electrons. The maximum atomic E-state index is 5.86. The van der Waals surface area contributed by atoms with Gasteiger partial charge in [0.1, 0.15) is 0 Å². The maximum Gasteiger partial charge on any atom is 0.0580 e. The summed E-state index contributed by atoms with van der Waals surface area (Å²) in [6.45, 7) is 10.1. The quantitative estimate of drug-likeness (QED) is 0.591. The summed E-state index contributed by atoms with van der Waals surface area (Å²) in [5.41, 5.74) is 0. The number of hydrogen-bond donors (Lipinski definition) is 0. The molecule has 1 aliphatic carbocycles. The van der Waals surface area contributed by atoms with Crippen LogP contribution in [0.1, 0.15) is 46.5 Å². The van der Waals surface area contributed by atoms with Crippen LogP contribution in [0.3, 0.4) is 0 Å². The van der Waals surface area contributed by atoms with E-state index in [-0.39, 0.29) is 0 Å². The van der Waals surface area contributed by atoms with Gasteiger partial charge in [0.2, 0.25) is 0 Å². The lowest BCUT2D eigenvalue weighted by Gasteiger charge is -2.36. The second-order valence-electron chi connectivity index (χ2n) is 5.71. The van der Waals surface area contributed by atoms with Crippen LogP contribution >= 0.6 is 0 Å². The van der Waals surface area contributed by atoms with E-state index in [1.165, 1.54) is 32.2 Å². The summed E-state index contributed by atoms with van der Waals surface area (Å²) in [4.78, 5) is 2.34. The fourth-order valence-electron chi connectivity index (χ4n) is 2.41. The van der Waals surface area contributed by atoms with Crippen LogP contribution in [-0.2, 0) is 4.74 Å². The van der Waals surface area contributed by atoms with Gasteiger partial charge in [-0.15, -0.1) is 0 Å². The minimum atomic E-state index is 0.579. The largest absolute Gasteiger partial charge is 0.378 e.